The van der Waals surface area contributed by atoms with Gasteiger partial charge in [0.1, 0.15) is 12.3 Å². The molecule has 1 saturated heterocycles. The van der Waals surface area contributed by atoms with Crippen LogP contribution in [-0.2, 0) is 19.1 Å². The first-order valence-corrected chi connectivity index (χ1v) is 17.7. The lowest BCUT2D eigenvalue weighted by Gasteiger charge is -2.45. The van der Waals surface area contributed by atoms with Crippen molar-refractivity contribution in [1.82, 2.24) is 15.1 Å². The van der Waals surface area contributed by atoms with Gasteiger partial charge < -0.3 is 24.6 Å². The molecule has 9 heteroatoms. The number of carbonyl (C=O) groups is 2. The number of nitrogens with one attached hydrogen (secondary N) is 1. The summed E-state index contributed by atoms with van der Waals surface area (Å²) in [6.07, 6.45) is 10.2. The molecule has 45 heavy (non-hydrogen) atoms. The van der Waals surface area contributed by atoms with E-state index in [1.807, 2.05) is 13.0 Å². The number of rotatable bonds is 10. The molecule has 1 unspecified atom stereocenters. The lowest BCUT2D eigenvalue weighted by molar-refractivity contribution is -0.147. The average molecular weight is 630 g/mol. The monoisotopic (exact) mass is 629 g/mol. The lowest BCUT2D eigenvalue weighted by atomic mass is 9.72. The maximum Gasteiger partial charge on any atom is 0.311 e. The number of esters is 1. The summed E-state index contributed by atoms with van der Waals surface area (Å²) in [6, 6.07) is 0.232. The quantitative estimate of drug-likeness (QED) is 0.315. The van der Waals surface area contributed by atoms with Gasteiger partial charge in [-0.1, -0.05) is 25.5 Å². The van der Waals surface area contributed by atoms with Gasteiger partial charge in [-0.25, -0.2) is 8.78 Å². The van der Waals surface area contributed by atoms with Crippen molar-refractivity contribution in [3.63, 3.8) is 0 Å². The second kappa shape index (κ2) is 14.2. The molecule has 1 saturated carbocycles. The molecule has 3 heterocycles. The highest BCUT2D eigenvalue weighted by molar-refractivity contribution is 5.96. The molecule has 7 atom stereocenters. The van der Waals surface area contributed by atoms with E-state index in [-0.39, 0.29) is 48.8 Å². The van der Waals surface area contributed by atoms with Crippen molar-refractivity contribution in [3.8, 4) is 0 Å². The van der Waals surface area contributed by atoms with Crippen LogP contribution in [0.25, 0.3) is 0 Å². The Morgan fingerprint density at radius 3 is 2.51 bits per heavy atom. The third kappa shape index (κ3) is 7.04. The summed E-state index contributed by atoms with van der Waals surface area (Å²) in [5.74, 6) is 0.937. The van der Waals surface area contributed by atoms with Crippen molar-refractivity contribution in [2.24, 2.45) is 23.7 Å². The summed E-state index contributed by atoms with van der Waals surface area (Å²) >= 11 is 0. The largest absolute Gasteiger partial charge is 0.469 e. The van der Waals surface area contributed by atoms with E-state index in [1.54, 1.807) is 0 Å². The number of hydrogen-bond acceptors (Lipinski definition) is 6. The fourth-order valence-electron chi connectivity index (χ4n) is 8.85. The Hall–Kier alpha value is -2.26. The van der Waals surface area contributed by atoms with Crippen molar-refractivity contribution in [1.29, 1.82) is 0 Å². The molecule has 3 aliphatic heterocycles. The second-order valence-electron chi connectivity index (χ2n) is 14.3. The van der Waals surface area contributed by atoms with Crippen LogP contribution in [0, 0.1) is 23.7 Å². The van der Waals surface area contributed by atoms with Gasteiger partial charge in [0.25, 0.3) is 5.91 Å². The zero-order chi connectivity index (χ0) is 31.7. The maximum absolute atomic E-state index is 14.4. The minimum atomic E-state index is -1.41. The molecule has 0 aromatic carbocycles. The van der Waals surface area contributed by atoms with Crippen molar-refractivity contribution >= 4 is 11.9 Å². The highest BCUT2D eigenvalue weighted by Gasteiger charge is 2.44. The van der Waals surface area contributed by atoms with Crippen molar-refractivity contribution in [3.05, 3.63) is 34.6 Å². The third-order valence-corrected chi connectivity index (χ3v) is 11.4. The van der Waals surface area contributed by atoms with E-state index in [0.717, 1.165) is 81.5 Å². The van der Waals surface area contributed by atoms with E-state index >= 15 is 0 Å². The van der Waals surface area contributed by atoms with Gasteiger partial charge in [0.2, 0.25) is 0 Å². The number of nitrogens with zero attached hydrogens (tertiary/aromatic N) is 2. The molecular weight excluding hydrogens is 576 g/mol. The fraction of sp³-hybridized carbons (Fsp3) is 0.778. The highest BCUT2D eigenvalue weighted by Crippen LogP contribution is 2.50. The first-order valence-electron chi connectivity index (χ1n) is 17.7. The summed E-state index contributed by atoms with van der Waals surface area (Å²) in [6.45, 7) is 8.33. The molecule has 0 bridgehead atoms. The van der Waals surface area contributed by atoms with Gasteiger partial charge in [-0.2, -0.15) is 0 Å². The number of piperidine rings is 1. The van der Waals surface area contributed by atoms with Gasteiger partial charge in [-0.05, 0) is 74.9 Å². The maximum atomic E-state index is 14.4. The average Bonchev–Trinajstić information content (AvgIpc) is 3.89. The molecule has 0 radical (unpaired) electrons. The van der Waals surface area contributed by atoms with Crippen LogP contribution in [0.5, 0.6) is 0 Å². The van der Waals surface area contributed by atoms with Crippen molar-refractivity contribution in [2.45, 2.75) is 115 Å². The summed E-state index contributed by atoms with van der Waals surface area (Å²) in [7, 11) is 1.43. The third-order valence-electron chi connectivity index (χ3n) is 11.4. The van der Waals surface area contributed by atoms with E-state index in [9.17, 15) is 18.4 Å². The first-order chi connectivity index (χ1) is 21.8. The summed E-state index contributed by atoms with van der Waals surface area (Å²) < 4.78 is 39.7. The van der Waals surface area contributed by atoms with Gasteiger partial charge in [0.15, 0.2) is 0 Å². The molecule has 7 nitrogen and oxygen atoms in total. The van der Waals surface area contributed by atoms with E-state index in [0.29, 0.717) is 30.8 Å². The molecule has 6 rings (SSSR count). The van der Waals surface area contributed by atoms with Crippen LogP contribution in [-0.4, -0.2) is 92.1 Å². The normalized spacial score (nSPS) is 35.0. The highest BCUT2D eigenvalue weighted by atomic mass is 19.2. The molecule has 0 aromatic heterocycles. The number of likely N-dealkylation sites (tertiary alicyclic amines) is 1. The van der Waals surface area contributed by atoms with Crippen molar-refractivity contribution < 1.29 is 27.8 Å². The standard InChI is InChI=1S/C36H53F2N3O4/c1-4-6-32-29(36(43)44-3)19-28-33(39-32)13-16-41(35(28)42)25-11-14-40(15-12-25)21-24-17-26(22-7-8-22)27(20-34(24)45-5-2)23-9-10-30(37)31(38)18-23/h9,20,22,24-26,29-32,34,39H,4-8,10-19,21H2,1-3H3/t24-,26+,29-,30-,31+,32-,34?/m0/s1. The van der Waals surface area contributed by atoms with Crippen LogP contribution >= 0.6 is 0 Å². The Balaban J connectivity index is 1.08. The smallest absolute Gasteiger partial charge is 0.311 e. The molecule has 1 N–H and O–H groups in total. The molecule has 6 aliphatic rings. The molecule has 0 spiro atoms. The van der Waals surface area contributed by atoms with E-state index in [2.05, 4.69) is 28.1 Å². The van der Waals surface area contributed by atoms with Crippen LogP contribution in [0.1, 0.15) is 84.5 Å². The Bertz CT molecular complexity index is 1190. The van der Waals surface area contributed by atoms with Gasteiger partial charge in [0, 0.05) is 81.3 Å². The SMILES string of the molecule is CCC[C@@H]1NC2=C(C[C@@H]1C(=O)OC)C(=O)N(C1CCN(C[C@@H]3C[C@H](C4CC4)C(C4=CC[C@H](F)[C@H](F)C4)=CC3OCC)CC1)CC2. The minimum absolute atomic E-state index is 0.0214. The topological polar surface area (TPSA) is 71.1 Å². The minimum Gasteiger partial charge on any atom is -0.469 e. The summed E-state index contributed by atoms with van der Waals surface area (Å²) in [5, 5.41) is 3.55. The Morgan fingerprint density at radius 1 is 1.07 bits per heavy atom. The van der Waals surface area contributed by atoms with Crippen LogP contribution in [0.3, 0.4) is 0 Å². The zero-order valence-corrected chi connectivity index (χ0v) is 27.4. The van der Waals surface area contributed by atoms with E-state index in [1.165, 1.54) is 25.5 Å². The fourth-order valence-corrected chi connectivity index (χ4v) is 8.85. The zero-order valence-electron chi connectivity index (χ0n) is 27.4. The Kier molecular flexibility index (Phi) is 10.3. The number of methoxy groups -OCH3 is 1. The van der Waals surface area contributed by atoms with E-state index in [4.69, 9.17) is 9.47 Å². The van der Waals surface area contributed by atoms with Crippen LogP contribution in [0.15, 0.2) is 34.6 Å². The van der Waals surface area contributed by atoms with Crippen LogP contribution in [0.2, 0.25) is 0 Å². The van der Waals surface area contributed by atoms with E-state index < -0.39 is 12.3 Å². The van der Waals surface area contributed by atoms with Crippen molar-refractivity contribution in [2.75, 3.05) is 39.9 Å². The first kappa shape index (κ1) is 32.7. The second-order valence-corrected chi connectivity index (χ2v) is 14.3. The molecule has 250 valence electrons. The van der Waals surface area contributed by atoms with Gasteiger partial charge in [0.05, 0.1) is 19.1 Å². The predicted octanol–water partition coefficient (Wildman–Crippen LogP) is 5.66. The van der Waals surface area contributed by atoms with Gasteiger partial charge in [-0.3, -0.25) is 9.59 Å². The number of amides is 1. The predicted molar refractivity (Wildman–Crippen MR) is 170 cm³/mol. The Morgan fingerprint density at radius 2 is 1.84 bits per heavy atom. The number of hydrogen-bond donors (Lipinski definition) is 1. The molecular formula is C36H53F2N3O4. The molecule has 1 amide bonds. The summed E-state index contributed by atoms with van der Waals surface area (Å²) in [4.78, 5) is 31.0. The molecule has 2 fully saturated rings. The van der Waals surface area contributed by atoms with Crippen LogP contribution in [0.4, 0.5) is 8.78 Å². The number of ether oxygens (including phenoxy) is 2. The summed E-state index contributed by atoms with van der Waals surface area (Å²) in [5.41, 5.74) is 4.04. The number of alkyl halides is 2. The van der Waals surface area contributed by atoms with Gasteiger partial charge >= 0.3 is 5.97 Å². The lowest BCUT2D eigenvalue weighted by Crippen LogP contribution is -2.54. The number of halogens is 2. The number of allylic oxidation sites excluding steroid dienone is 3. The van der Waals surface area contributed by atoms with Crippen LogP contribution < -0.4 is 5.32 Å². The molecule has 3 aliphatic carbocycles. The molecule has 0 aromatic rings. The Labute approximate surface area is 267 Å². The van der Waals surface area contributed by atoms with Gasteiger partial charge in [-0.15, -0.1) is 0 Å². The number of carbonyl (C=O) groups excluding carboxylic acids is 2.